The average molecular weight is 332 g/mol. The minimum atomic E-state index is -4.47. The van der Waals surface area contributed by atoms with E-state index in [9.17, 15) is 22.8 Å². The van der Waals surface area contributed by atoms with Crippen LogP contribution in [0, 0.1) is 0 Å². The van der Waals surface area contributed by atoms with Gasteiger partial charge in [0.1, 0.15) is 6.54 Å². The number of fused-ring (bicyclic) bond motifs is 1. The van der Waals surface area contributed by atoms with E-state index in [1.165, 1.54) is 0 Å². The van der Waals surface area contributed by atoms with Crippen LogP contribution in [0.5, 0.6) is 11.5 Å². The van der Waals surface area contributed by atoms with E-state index in [0.29, 0.717) is 17.9 Å². The van der Waals surface area contributed by atoms with Gasteiger partial charge >= 0.3 is 6.18 Å². The van der Waals surface area contributed by atoms with Gasteiger partial charge in [-0.25, -0.2) is 0 Å². The highest BCUT2D eigenvalue weighted by Gasteiger charge is 2.27. The monoisotopic (exact) mass is 332 g/mol. The number of alkyl halides is 3. The molecule has 0 aliphatic carbocycles. The molecule has 0 bridgehead atoms. The molecule has 0 spiro atoms. The summed E-state index contributed by atoms with van der Waals surface area (Å²) in [5, 5.41) is 3.94. The van der Waals surface area contributed by atoms with Gasteiger partial charge in [-0.2, -0.15) is 13.2 Å². The number of aryl methyl sites for hydroxylation is 1. The summed E-state index contributed by atoms with van der Waals surface area (Å²) in [6, 6.07) is 5.28. The number of hydrogen-bond acceptors (Lipinski definition) is 4. The molecular weight excluding hydrogens is 317 g/mol. The fourth-order valence-corrected chi connectivity index (χ4v) is 1.88. The number of halogens is 3. The lowest BCUT2D eigenvalue weighted by Gasteiger charge is -2.09. The third-order valence-corrected chi connectivity index (χ3v) is 3.01. The van der Waals surface area contributed by atoms with Crippen molar-refractivity contribution >= 4 is 11.8 Å². The van der Waals surface area contributed by atoms with Crippen molar-refractivity contribution in [2.45, 2.75) is 19.0 Å². The molecule has 0 atom stereocenters. The van der Waals surface area contributed by atoms with Crippen LogP contribution < -0.4 is 20.1 Å². The molecule has 9 heteroatoms. The molecule has 1 aromatic rings. The Hall–Kier alpha value is -2.45. The summed E-state index contributed by atoms with van der Waals surface area (Å²) in [7, 11) is 0. The second-order valence-electron chi connectivity index (χ2n) is 4.86. The molecule has 0 fully saturated rings. The Kier molecular flexibility index (Phi) is 5.30. The van der Waals surface area contributed by atoms with Crippen LogP contribution in [-0.2, 0) is 16.0 Å². The van der Waals surface area contributed by atoms with Crippen molar-refractivity contribution in [1.82, 2.24) is 10.6 Å². The fraction of sp³-hybridized carbons (Fsp3) is 0.429. The summed E-state index contributed by atoms with van der Waals surface area (Å²) in [6.07, 6.45) is -3.96. The zero-order valence-corrected chi connectivity index (χ0v) is 12.0. The molecule has 1 heterocycles. The number of ether oxygens (including phenoxy) is 2. The van der Waals surface area contributed by atoms with Gasteiger partial charge in [-0.3, -0.25) is 9.59 Å². The van der Waals surface area contributed by atoms with Crippen molar-refractivity contribution in [3.05, 3.63) is 23.8 Å². The van der Waals surface area contributed by atoms with E-state index in [0.717, 1.165) is 5.56 Å². The molecule has 0 radical (unpaired) electrons. The highest BCUT2D eigenvalue weighted by atomic mass is 19.4. The maximum atomic E-state index is 11.9. The van der Waals surface area contributed by atoms with E-state index in [4.69, 9.17) is 9.47 Å². The number of amides is 2. The third-order valence-electron chi connectivity index (χ3n) is 3.01. The van der Waals surface area contributed by atoms with Crippen LogP contribution in [-0.4, -0.2) is 37.9 Å². The molecule has 0 saturated carbocycles. The highest BCUT2D eigenvalue weighted by molar-refractivity contribution is 5.84. The fourth-order valence-electron chi connectivity index (χ4n) is 1.88. The Morgan fingerprint density at radius 2 is 1.83 bits per heavy atom. The highest BCUT2D eigenvalue weighted by Crippen LogP contribution is 2.32. The second-order valence-corrected chi connectivity index (χ2v) is 4.86. The first-order chi connectivity index (χ1) is 10.8. The predicted molar refractivity (Wildman–Crippen MR) is 73.0 cm³/mol. The molecule has 1 aliphatic rings. The standard InChI is InChI=1S/C14H15F3N2O4/c15-14(16,17)7-19-13(21)6-18-12(20)4-2-9-1-3-10-11(5-9)23-8-22-10/h1,3,5H,2,4,6-8H2,(H,18,20)(H,19,21). The summed E-state index contributed by atoms with van der Waals surface area (Å²) < 4.78 is 46.1. The summed E-state index contributed by atoms with van der Waals surface area (Å²) in [6.45, 7) is -1.75. The first-order valence-corrected chi connectivity index (χ1v) is 6.82. The van der Waals surface area contributed by atoms with Gasteiger partial charge in [-0.05, 0) is 24.1 Å². The van der Waals surface area contributed by atoms with Crippen molar-refractivity contribution in [3.63, 3.8) is 0 Å². The van der Waals surface area contributed by atoms with Crippen LogP contribution in [0.15, 0.2) is 18.2 Å². The van der Waals surface area contributed by atoms with Crippen molar-refractivity contribution in [2.75, 3.05) is 19.9 Å². The van der Waals surface area contributed by atoms with Crippen LogP contribution in [0.25, 0.3) is 0 Å². The van der Waals surface area contributed by atoms with E-state index in [1.807, 2.05) is 0 Å². The lowest BCUT2D eigenvalue weighted by Crippen LogP contribution is -2.40. The quantitative estimate of drug-likeness (QED) is 0.819. The first kappa shape index (κ1) is 16.9. The Balaban J connectivity index is 1.68. The van der Waals surface area contributed by atoms with Gasteiger partial charge in [0.2, 0.25) is 18.6 Å². The smallest absolute Gasteiger partial charge is 0.405 e. The lowest BCUT2D eigenvalue weighted by molar-refractivity contribution is -0.138. The van der Waals surface area contributed by atoms with E-state index in [1.54, 1.807) is 23.5 Å². The van der Waals surface area contributed by atoms with Crippen LogP contribution in [0.2, 0.25) is 0 Å². The summed E-state index contributed by atoms with van der Waals surface area (Å²) in [4.78, 5) is 22.7. The minimum absolute atomic E-state index is 0.103. The van der Waals surface area contributed by atoms with Gasteiger partial charge in [-0.15, -0.1) is 0 Å². The number of hydrogen-bond donors (Lipinski definition) is 2. The second kappa shape index (κ2) is 7.21. The van der Waals surface area contributed by atoms with Crippen LogP contribution >= 0.6 is 0 Å². The summed E-state index contributed by atoms with van der Waals surface area (Å²) >= 11 is 0. The Labute approximate surface area is 129 Å². The van der Waals surface area contributed by atoms with E-state index >= 15 is 0 Å². The zero-order chi connectivity index (χ0) is 16.9. The minimum Gasteiger partial charge on any atom is -0.454 e. The summed E-state index contributed by atoms with van der Waals surface area (Å²) in [5.41, 5.74) is 0.853. The van der Waals surface area contributed by atoms with E-state index < -0.39 is 31.1 Å². The molecule has 1 aromatic carbocycles. The Bertz CT molecular complexity index is 590. The van der Waals surface area contributed by atoms with Crippen molar-refractivity contribution in [2.24, 2.45) is 0 Å². The van der Waals surface area contributed by atoms with Gasteiger partial charge < -0.3 is 20.1 Å². The molecule has 0 unspecified atom stereocenters. The van der Waals surface area contributed by atoms with E-state index in [2.05, 4.69) is 5.32 Å². The van der Waals surface area contributed by atoms with Crippen molar-refractivity contribution < 1.29 is 32.2 Å². The van der Waals surface area contributed by atoms with Gasteiger partial charge in [0.25, 0.3) is 0 Å². The van der Waals surface area contributed by atoms with Crippen LogP contribution in [0.3, 0.4) is 0 Å². The molecule has 2 amide bonds. The van der Waals surface area contributed by atoms with Crippen LogP contribution in [0.4, 0.5) is 13.2 Å². The zero-order valence-electron chi connectivity index (χ0n) is 12.0. The van der Waals surface area contributed by atoms with Crippen molar-refractivity contribution in [1.29, 1.82) is 0 Å². The molecule has 2 rings (SSSR count). The van der Waals surface area contributed by atoms with Gasteiger partial charge in [0.15, 0.2) is 11.5 Å². The lowest BCUT2D eigenvalue weighted by atomic mass is 10.1. The SMILES string of the molecule is O=C(CCc1ccc2c(c1)OCO2)NCC(=O)NCC(F)(F)F. The molecule has 126 valence electrons. The molecular formula is C14H15F3N2O4. The molecule has 6 nitrogen and oxygen atoms in total. The summed E-state index contributed by atoms with van der Waals surface area (Å²) in [5.74, 6) is -0.0717. The number of carbonyl (C=O) groups excluding carboxylic acids is 2. The first-order valence-electron chi connectivity index (χ1n) is 6.82. The number of benzene rings is 1. The van der Waals surface area contributed by atoms with E-state index in [-0.39, 0.29) is 13.2 Å². The Morgan fingerprint density at radius 3 is 2.57 bits per heavy atom. The topological polar surface area (TPSA) is 76.7 Å². The molecule has 2 N–H and O–H groups in total. The van der Waals surface area contributed by atoms with Crippen LogP contribution in [0.1, 0.15) is 12.0 Å². The maximum Gasteiger partial charge on any atom is 0.405 e. The largest absolute Gasteiger partial charge is 0.454 e. The third kappa shape index (κ3) is 5.68. The van der Waals surface area contributed by atoms with Crippen molar-refractivity contribution in [3.8, 4) is 11.5 Å². The number of nitrogens with one attached hydrogen (secondary N) is 2. The normalized spacial score (nSPS) is 12.8. The average Bonchev–Trinajstić information content (AvgIpc) is 2.95. The molecule has 23 heavy (non-hydrogen) atoms. The van der Waals surface area contributed by atoms with Gasteiger partial charge in [-0.1, -0.05) is 6.07 Å². The number of rotatable bonds is 6. The predicted octanol–water partition coefficient (Wildman–Crippen LogP) is 1.14. The number of carbonyl (C=O) groups is 2. The maximum absolute atomic E-state index is 11.9. The molecule has 0 saturated heterocycles. The van der Waals surface area contributed by atoms with Gasteiger partial charge in [0, 0.05) is 6.42 Å². The molecule has 1 aliphatic heterocycles. The Morgan fingerprint density at radius 1 is 1.09 bits per heavy atom. The molecule has 0 aromatic heterocycles. The van der Waals surface area contributed by atoms with Gasteiger partial charge in [0.05, 0.1) is 6.54 Å².